The number of nitrogens with two attached hydrogens (primary N) is 1. The number of piperidine rings is 2. The van der Waals surface area contributed by atoms with E-state index in [0.717, 1.165) is 25.9 Å². The standard InChI is InChI=1S/C36H44N4O6/c1-3-35(32(41)42)30(26-12-10-17-29(24-26)40(45)46)36(33(43)44,25(2)38-31(35)37)18-11-21-39-22-19-34(20-23-39,27-13-6-4-7-14-27)28-15-8-5-9-16-28/h4-10,12-17,24-25,30-31,38H,3,11,18-23,37H2,1-2H3,(H,41,42)(H,43,44). The van der Waals surface area contributed by atoms with Crippen molar-refractivity contribution in [3.8, 4) is 0 Å². The highest BCUT2D eigenvalue weighted by molar-refractivity contribution is 5.84. The van der Waals surface area contributed by atoms with Crippen LogP contribution in [-0.4, -0.2) is 63.8 Å². The SMILES string of the molecule is CCC1(C(=O)O)C(N)NC(C)C(CCCN2CCC(c3ccccc3)(c3ccccc3)CC2)(C(=O)O)C1c1cccc([N+](=O)[O-])c1. The van der Waals surface area contributed by atoms with Crippen LogP contribution < -0.4 is 11.1 Å². The van der Waals surface area contributed by atoms with E-state index in [0.29, 0.717) is 18.5 Å². The van der Waals surface area contributed by atoms with E-state index in [9.17, 15) is 29.9 Å². The molecule has 0 aliphatic carbocycles. The molecule has 5 rings (SSSR count). The zero-order valence-electron chi connectivity index (χ0n) is 26.5. The predicted octanol–water partition coefficient (Wildman–Crippen LogP) is 5.37. The molecule has 0 bridgehead atoms. The third-order valence-electron chi connectivity index (χ3n) is 11.0. The molecule has 0 radical (unpaired) electrons. The maximum atomic E-state index is 13.5. The van der Waals surface area contributed by atoms with Crippen molar-refractivity contribution in [3.05, 3.63) is 112 Å². The van der Waals surface area contributed by atoms with Gasteiger partial charge in [0.05, 0.1) is 16.5 Å². The van der Waals surface area contributed by atoms with E-state index in [1.165, 1.54) is 29.3 Å². The van der Waals surface area contributed by atoms with Crippen molar-refractivity contribution in [1.82, 2.24) is 10.2 Å². The number of benzene rings is 3. The van der Waals surface area contributed by atoms with Crippen LogP contribution in [-0.2, 0) is 15.0 Å². The van der Waals surface area contributed by atoms with Gasteiger partial charge in [-0.15, -0.1) is 0 Å². The molecule has 2 saturated heterocycles. The molecule has 5 N–H and O–H groups in total. The fourth-order valence-corrected chi connectivity index (χ4v) is 8.49. The number of nitrogens with zero attached hydrogens (tertiary/aromatic N) is 2. The van der Waals surface area contributed by atoms with Gasteiger partial charge in [0.25, 0.3) is 5.69 Å². The van der Waals surface area contributed by atoms with Gasteiger partial charge in [-0.2, -0.15) is 0 Å². The number of carboxylic acids is 2. The van der Waals surface area contributed by atoms with Gasteiger partial charge in [-0.1, -0.05) is 79.7 Å². The Bertz CT molecular complexity index is 1500. The first-order chi connectivity index (χ1) is 22.0. The number of carbonyl (C=O) groups is 2. The minimum atomic E-state index is -1.71. The van der Waals surface area contributed by atoms with Crippen LogP contribution in [0.1, 0.15) is 68.6 Å². The Hall–Kier alpha value is -4.12. The minimum absolute atomic E-state index is 0.0405. The lowest BCUT2D eigenvalue weighted by molar-refractivity contribution is -0.385. The number of aliphatic carboxylic acids is 2. The van der Waals surface area contributed by atoms with Gasteiger partial charge < -0.3 is 20.8 Å². The molecular weight excluding hydrogens is 584 g/mol. The first kappa shape index (κ1) is 33.2. The van der Waals surface area contributed by atoms with E-state index >= 15 is 0 Å². The molecule has 0 spiro atoms. The van der Waals surface area contributed by atoms with Crippen molar-refractivity contribution < 1.29 is 24.7 Å². The third-order valence-corrected chi connectivity index (χ3v) is 11.0. The molecule has 46 heavy (non-hydrogen) atoms. The molecule has 5 unspecified atom stereocenters. The molecular formula is C36H44N4O6. The van der Waals surface area contributed by atoms with Crippen LogP contribution >= 0.6 is 0 Å². The highest BCUT2D eigenvalue weighted by Gasteiger charge is 2.66. The average Bonchev–Trinajstić information content (AvgIpc) is 3.06. The van der Waals surface area contributed by atoms with Crippen LogP contribution in [0, 0.1) is 20.9 Å². The van der Waals surface area contributed by atoms with Gasteiger partial charge in [0.2, 0.25) is 0 Å². The fourth-order valence-electron chi connectivity index (χ4n) is 8.49. The minimum Gasteiger partial charge on any atom is -0.481 e. The van der Waals surface area contributed by atoms with E-state index in [4.69, 9.17) is 5.73 Å². The molecule has 2 heterocycles. The van der Waals surface area contributed by atoms with Crippen molar-refractivity contribution in [1.29, 1.82) is 0 Å². The number of likely N-dealkylation sites (tertiary alicyclic amines) is 1. The second-order valence-electron chi connectivity index (χ2n) is 13.0. The first-order valence-corrected chi connectivity index (χ1v) is 16.1. The van der Waals surface area contributed by atoms with E-state index in [-0.39, 0.29) is 23.9 Å². The zero-order chi connectivity index (χ0) is 33.1. The van der Waals surface area contributed by atoms with Gasteiger partial charge >= 0.3 is 11.9 Å². The predicted molar refractivity (Wildman–Crippen MR) is 175 cm³/mol. The van der Waals surface area contributed by atoms with Crippen LogP contribution in [0.5, 0.6) is 0 Å². The maximum Gasteiger partial charge on any atom is 0.313 e. The topological polar surface area (TPSA) is 159 Å². The van der Waals surface area contributed by atoms with Crippen LogP contribution in [0.2, 0.25) is 0 Å². The first-order valence-electron chi connectivity index (χ1n) is 16.1. The molecule has 10 heteroatoms. The van der Waals surface area contributed by atoms with Gasteiger partial charge in [-0.3, -0.25) is 25.0 Å². The van der Waals surface area contributed by atoms with Crippen LogP contribution in [0.4, 0.5) is 5.69 Å². The Morgan fingerprint density at radius 3 is 2.00 bits per heavy atom. The second-order valence-corrected chi connectivity index (χ2v) is 13.0. The lowest BCUT2D eigenvalue weighted by Gasteiger charge is -2.57. The molecule has 2 fully saturated rings. The van der Waals surface area contributed by atoms with Crippen LogP contribution in [0.15, 0.2) is 84.9 Å². The van der Waals surface area contributed by atoms with E-state index in [1.807, 2.05) is 12.1 Å². The molecule has 10 nitrogen and oxygen atoms in total. The van der Waals surface area contributed by atoms with Crippen molar-refractivity contribution in [2.75, 3.05) is 19.6 Å². The molecule has 2 aliphatic rings. The summed E-state index contributed by atoms with van der Waals surface area (Å²) in [5.74, 6) is -3.48. The quantitative estimate of drug-likeness (QED) is 0.162. The van der Waals surface area contributed by atoms with Gasteiger partial charge in [-0.25, -0.2) is 0 Å². The Balaban J connectivity index is 1.44. The number of carboxylic acid groups (broad SMARTS) is 2. The summed E-state index contributed by atoms with van der Waals surface area (Å²) in [6, 6.07) is 26.2. The lowest BCUT2D eigenvalue weighted by atomic mass is 9.51. The number of hydrogen-bond acceptors (Lipinski definition) is 7. The van der Waals surface area contributed by atoms with Gasteiger partial charge in [0, 0.05) is 29.5 Å². The summed E-state index contributed by atoms with van der Waals surface area (Å²) < 4.78 is 0. The zero-order valence-corrected chi connectivity index (χ0v) is 26.5. The smallest absolute Gasteiger partial charge is 0.313 e. The lowest BCUT2D eigenvalue weighted by Crippen LogP contribution is -2.72. The van der Waals surface area contributed by atoms with E-state index in [2.05, 4.69) is 58.7 Å². The number of nitro benzene ring substituents is 1. The average molecular weight is 629 g/mol. The van der Waals surface area contributed by atoms with Crippen molar-refractivity contribution in [2.24, 2.45) is 16.6 Å². The number of rotatable bonds is 11. The molecule has 0 saturated carbocycles. The summed E-state index contributed by atoms with van der Waals surface area (Å²) >= 11 is 0. The Kier molecular flexibility index (Phi) is 9.62. The van der Waals surface area contributed by atoms with Crippen LogP contribution in [0.25, 0.3) is 0 Å². The van der Waals surface area contributed by atoms with Crippen LogP contribution in [0.3, 0.4) is 0 Å². The maximum absolute atomic E-state index is 13.5. The Labute approximate surface area is 269 Å². The fraction of sp³-hybridized carbons (Fsp3) is 0.444. The highest BCUT2D eigenvalue weighted by atomic mass is 16.6. The normalized spacial score (nSPS) is 27.9. The van der Waals surface area contributed by atoms with Gasteiger partial charge in [0.15, 0.2) is 0 Å². The summed E-state index contributed by atoms with van der Waals surface area (Å²) in [6.45, 7) is 5.70. The number of nitrogens with one attached hydrogen (secondary N) is 1. The third kappa shape index (κ3) is 5.59. The molecule has 3 aromatic carbocycles. The van der Waals surface area contributed by atoms with Crippen molar-refractivity contribution in [3.63, 3.8) is 0 Å². The molecule has 5 atom stereocenters. The van der Waals surface area contributed by atoms with Crippen molar-refractivity contribution in [2.45, 2.75) is 69.5 Å². The number of hydrogen-bond donors (Lipinski definition) is 4. The molecule has 244 valence electrons. The summed E-state index contributed by atoms with van der Waals surface area (Å²) in [6.07, 6.45) is 1.47. The van der Waals surface area contributed by atoms with Crippen molar-refractivity contribution >= 4 is 17.6 Å². The molecule has 0 amide bonds. The second kappa shape index (κ2) is 13.3. The van der Waals surface area contributed by atoms with E-state index in [1.54, 1.807) is 19.9 Å². The molecule has 3 aromatic rings. The molecule has 2 aliphatic heterocycles. The summed E-state index contributed by atoms with van der Waals surface area (Å²) in [4.78, 5) is 40.1. The summed E-state index contributed by atoms with van der Waals surface area (Å²) in [5, 5.41) is 36.5. The summed E-state index contributed by atoms with van der Waals surface area (Å²) in [7, 11) is 0. The number of non-ortho nitro benzene ring substituents is 1. The monoisotopic (exact) mass is 628 g/mol. The largest absolute Gasteiger partial charge is 0.481 e. The van der Waals surface area contributed by atoms with Gasteiger partial charge in [-0.05, 0) is 75.4 Å². The van der Waals surface area contributed by atoms with E-state index < -0.39 is 45.8 Å². The number of nitro groups is 1. The highest BCUT2D eigenvalue weighted by Crippen LogP contribution is 2.58. The molecule has 0 aromatic heterocycles. The Morgan fingerprint density at radius 1 is 0.935 bits per heavy atom. The van der Waals surface area contributed by atoms with Gasteiger partial charge in [0.1, 0.15) is 5.41 Å². The summed E-state index contributed by atoms with van der Waals surface area (Å²) in [5.41, 5.74) is 5.74. The Morgan fingerprint density at radius 2 is 1.50 bits per heavy atom.